The maximum absolute atomic E-state index is 12.2. The molecule has 5 nitrogen and oxygen atoms in total. The minimum atomic E-state index is -3.35. The number of rotatable bonds is 6. The summed E-state index contributed by atoms with van der Waals surface area (Å²) in [6.07, 6.45) is 3.31. The van der Waals surface area contributed by atoms with E-state index in [4.69, 9.17) is 0 Å². The summed E-state index contributed by atoms with van der Waals surface area (Å²) in [5, 5.41) is 6.50. The predicted octanol–water partition coefficient (Wildman–Crippen LogP) is 2.19. The summed E-state index contributed by atoms with van der Waals surface area (Å²) in [7, 11) is -3.35. The van der Waals surface area contributed by atoms with E-state index in [2.05, 4.69) is 14.9 Å². The van der Waals surface area contributed by atoms with Crippen LogP contribution in [0.4, 0.5) is 0 Å². The van der Waals surface area contributed by atoms with Gasteiger partial charge >= 0.3 is 0 Å². The lowest BCUT2D eigenvalue weighted by atomic mass is 10.0. The van der Waals surface area contributed by atoms with Gasteiger partial charge in [0, 0.05) is 17.8 Å². The Kier molecular flexibility index (Phi) is 4.57. The number of sulfonamides is 1. The number of benzene rings is 1. The average molecular weight is 293 g/mol. The molecule has 108 valence electrons. The van der Waals surface area contributed by atoms with Crippen molar-refractivity contribution in [3.05, 3.63) is 53.9 Å². The van der Waals surface area contributed by atoms with Crippen molar-refractivity contribution in [3.63, 3.8) is 0 Å². The van der Waals surface area contributed by atoms with Crippen LogP contribution in [0.25, 0.3) is 0 Å². The first kappa shape index (κ1) is 14.7. The van der Waals surface area contributed by atoms with Gasteiger partial charge in [-0.2, -0.15) is 5.10 Å². The number of H-pyrrole nitrogens is 1. The number of hydrogen-bond acceptors (Lipinski definition) is 3. The third kappa shape index (κ3) is 3.91. The van der Waals surface area contributed by atoms with Crippen molar-refractivity contribution in [2.45, 2.75) is 25.8 Å². The molecular formula is C14H19N3O2S. The number of nitrogens with zero attached hydrogens (tertiary/aromatic N) is 1. The molecule has 0 aliphatic heterocycles. The van der Waals surface area contributed by atoms with Crippen LogP contribution in [0.3, 0.4) is 0 Å². The van der Waals surface area contributed by atoms with Crippen LogP contribution < -0.4 is 4.72 Å². The highest BCUT2D eigenvalue weighted by atomic mass is 32.2. The van der Waals surface area contributed by atoms with Gasteiger partial charge in [0.2, 0.25) is 10.0 Å². The second kappa shape index (κ2) is 6.19. The van der Waals surface area contributed by atoms with Crippen molar-refractivity contribution in [1.82, 2.24) is 14.9 Å². The maximum atomic E-state index is 12.2. The van der Waals surface area contributed by atoms with E-state index in [9.17, 15) is 8.42 Å². The SMILES string of the molecule is CC(CS(=O)(=O)NC(C)c1cn[nH]c1)c1ccccc1. The van der Waals surface area contributed by atoms with Gasteiger partial charge in [-0.1, -0.05) is 37.3 Å². The van der Waals surface area contributed by atoms with Gasteiger partial charge < -0.3 is 0 Å². The molecule has 20 heavy (non-hydrogen) atoms. The zero-order valence-corrected chi connectivity index (χ0v) is 12.4. The zero-order chi connectivity index (χ0) is 14.6. The van der Waals surface area contributed by atoms with Gasteiger partial charge in [-0.25, -0.2) is 13.1 Å². The third-order valence-corrected chi connectivity index (χ3v) is 4.87. The second-order valence-electron chi connectivity index (χ2n) is 4.96. The molecule has 2 atom stereocenters. The molecule has 2 unspecified atom stereocenters. The molecule has 0 radical (unpaired) electrons. The first-order valence-corrected chi connectivity index (χ1v) is 8.17. The summed E-state index contributed by atoms with van der Waals surface area (Å²) in [6.45, 7) is 3.71. The third-order valence-electron chi connectivity index (χ3n) is 3.21. The monoisotopic (exact) mass is 293 g/mol. The van der Waals surface area contributed by atoms with Crippen molar-refractivity contribution in [1.29, 1.82) is 0 Å². The summed E-state index contributed by atoms with van der Waals surface area (Å²) >= 11 is 0. The molecule has 2 rings (SSSR count). The maximum Gasteiger partial charge on any atom is 0.212 e. The summed E-state index contributed by atoms with van der Waals surface area (Å²) in [5.41, 5.74) is 1.84. The van der Waals surface area contributed by atoms with Crippen LogP contribution >= 0.6 is 0 Å². The molecule has 2 aromatic rings. The van der Waals surface area contributed by atoms with Crippen LogP contribution in [0.5, 0.6) is 0 Å². The number of aromatic nitrogens is 2. The van der Waals surface area contributed by atoms with Crippen molar-refractivity contribution in [2.24, 2.45) is 0 Å². The average Bonchev–Trinajstić information content (AvgIpc) is 2.92. The van der Waals surface area contributed by atoms with Crippen LogP contribution in [0, 0.1) is 0 Å². The van der Waals surface area contributed by atoms with E-state index in [0.29, 0.717) is 0 Å². The van der Waals surface area contributed by atoms with Crippen LogP contribution in [-0.4, -0.2) is 24.4 Å². The Balaban J connectivity index is 2.01. The minimum Gasteiger partial charge on any atom is -0.285 e. The highest BCUT2D eigenvalue weighted by Crippen LogP contribution is 2.18. The van der Waals surface area contributed by atoms with E-state index in [1.54, 1.807) is 19.3 Å². The Morgan fingerprint density at radius 1 is 1.20 bits per heavy atom. The molecular weight excluding hydrogens is 274 g/mol. The fourth-order valence-electron chi connectivity index (χ4n) is 2.09. The Morgan fingerprint density at radius 3 is 2.50 bits per heavy atom. The lowest BCUT2D eigenvalue weighted by molar-refractivity contribution is 0.562. The van der Waals surface area contributed by atoms with E-state index >= 15 is 0 Å². The van der Waals surface area contributed by atoms with E-state index in [0.717, 1.165) is 11.1 Å². The Hall–Kier alpha value is -1.66. The standard InChI is InChI=1S/C14H19N3O2S/c1-11(13-6-4-3-5-7-13)10-20(18,19)17-12(2)14-8-15-16-9-14/h3-9,11-12,17H,10H2,1-2H3,(H,15,16). The lowest BCUT2D eigenvalue weighted by Crippen LogP contribution is -2.30. The van der Waals surface area contributed by atoms with Crippen LogP contribution in [0.1, 0.15) is 36.9 Å². The number of hydrogen-bond donors (Lipinski definition) is 2. The van der Waals surface area contributed by atoms with E-state index < -0.39 is 10.0 Å². The quantitative estimate of drug-likeness (QED) is 0.857. The Morgan fingerprint density at radius 2 is 1.90 bits per heavy atom. The second-order valence-corrected chi connectivity index (χ2v) is 6.76. The Labute approximate surface area is 119 Å². The summed E-state index contributed by atoms with van der Waals surface area (Å²) in [5.74, 6) is 0.0180. The van der Waals surface area contributed by atoms with E-state index in [1.165, 1.54) is 0 Å². The minimum absolute atomic E-state index is 0.0507. The fraction of sp³-hybridized carbons (Fsp3) is 0.357. The van der Waals surface area contributed by atoms with Crippen LogP contribution in [0.15, 0.2) is 42.7 Å². The first-order chi connectivity index (χ1) is 9.48. The van der Waals surface area contributed by atoms with Gasteiger partial charge in [-0.15, -0.1) is 0 Å². The van der Waals surface area contributed by atoms with Gasteiger partial charge in [-0.05, 0) is 18.4 Å². The predicted molar refractivity (Wildman–Crippen MR) is 78.8 cm³/mol. The number of aromatic amines is 1. The summed E-state index contributed by atoms with van der Waals surface area (Å²) in [4.78, 5) is 0. The normalized spacial score (nSPS) is 14.9. The van der Waals surface area contributed by atoms with Crippen molar-refractivity contribution < 1.29 is 8.42 Å². The Bertz CT molecular complexity index is 624. The van der Waals surface area contributed by atoms with Crippen molar-refractivity contribution >= 4 is 10.0 Å². The molecule has 0 amide bonds. The zero-order valence-electron chi connectivity index (χ0n) is 11.6. The molecule has 0 aliphatic carbocycles. The lowest BCUT2D eigenvalue weighted by Gasteiger charge is -2.16. The van der Waals surface area contributed by atoms with Gasteiger partial charge in [0.15, 0.2) is 0 Å². The molecule has 0 fully saturated rings. The summed E-state index contributed by atoms with van der Waals surface area (Å²) in [6, 6.07) is 9.35. The van der Waals surface area contributed by atoms with Crippen LogP contribution in [-0.2, 0) is 10.0 Å². The molecule has 6 heteroatoms. The molecule has 1 aromatic heterocycles. The van der Waals surface area contributed by atoms with Crippen molar-refractivity contribution in [2.75, 3.05) is 5.75 Å². The summed E-state index contributed by atoms with van der Waals surface area (Å²) < 4.78 is 27.0. The smallest absolute Gasteiger partial charge is 0.212 e. The van der Waals surface area contributed by atoms with Gasteiger partial charge in [0.25, 0.3) is 0 Å². The van der Waals surface area contributed by atoms with Gasteiger partial charge in [0.1, 0.15) is 0 Å². The largest absolute Gasteiger partial charge is 0.285 e. The van der Waals surface area contributed by atoms with Gasteiger partial charge in [-0.3, -0.25) is 5.10 Å². The van der Waals surface area contributed by atoms with E-state index in [-0.39, 0.29) is 17.7 Å². The van der Waals surface area contributed by atoms with Crippen LogP contribution in [0.2, 0.25) is 0 Å². The van der Waals surface area contributed by atoms with E-state index in [1.807, 2.05) is 37.3 Å². The molecule has 0 saturated carbocycles. The molecule has 2 N–H and O–H groups in total. The first-order valence-electron chi connectivity index (χ1n) is 6.51. The highest BCUT2D eigenvalue weighted by molar-refractivity contribution is 7.89. The molecule has 1 heterocycles. The molecule has 0 spiro atoms. The molecule has 1 aromatic carbocycles. The molecule has 0 bridgehead atoms. The topological polar surface area (TPSA) is 74.8 Å². The highest BCUT2D eigenvalue weighted by Gasteiger charge is 2.20. The fourth-order valence-corrected chi connectivity index (χ4v) is 3.71. The number of nitrogens with one attached hydrogen (secondary N) is 2. The van der Waals surface area contributed by atoms with Crippen molar-refractivity contribution in [3.8, 4) is 0 Å². The molecule has 0 saturated heterocycles. The molecule has 0 aliphatic rings. The van der Waals surface area contributed by atoms with Gasteiger partial charge in [0.05, 0.1) is 11.9 Å².